The molecular weight excluding hydrogens is 197 g/mol. The first kappa shape index (κ1) is 8.67. The van der Waals surface area contributed by atoms with Crippen LogP contribution in [-0.4, -0.2) is 13.6 Å². The molecule has 0 aliphatic heterocycles. The maximum atomic E-state index is 5.68. The zero-order valence-corrected chi connectivity index (χ0v) is 9.21. The van der Waals surface area contributed by atoms with Crippen LogP contribution in [-0.2, 0) is 0 Å². The van der Waals surface area contributed by atoms with E-state index in [1.165, 1.54) is 4.35 Å². The molecule has 1 rings (SSSR count). The van der Waals surface area contributed by atoms with Crippen molar-refractivity contribution in [1.82, 2.24) is 0 Å². The minimum atomic E-state index is -1.46. The van der Waals surface area contributed by atoms with Crippen molar-refractivity contribution in [2.24, 2.45) is 0 Å². The Morgan fingerprint density at radius 1 is 1.18 bits per heavy atom. The second-order valence-corrected chi connectivity index (χ2v) is 13.1. The molecule has 0 bridgehead atoms. The molecule has 61 valence electrons. The van der Waals surface area contributed by atoms with E-state index in [1.807, 2.05) is 12.1 Å². The molecule has 0 saturated carbocycles. The van der Waals surface area contributed by atoms with E-state index in [2.05, 4.69) is 29.3 Å². The molecule has 0 aliphatic rings. The molecule has 0 aromatic heterocycles. The molecule has 0 heterocycles. The first-order valence-corrected chi connectivity index (χ1v) is 10.2. The van der Waals surface area contributed by atoms with Gasteiger partial charge < -0.3 is 0 Å². The van der Waals surface area contributed by atoms with Gasteiger partial charge in [0.05, 0.1) is 0 Å². The fraction of sp³-hybridized carbons (Fsp3) is 0.333. The van der Waals surface area contributed by atoms with Crippen LogP contribution in [0, 0.1) is 0 Å². The van der Waals surface area contributed by atoms with Gasteiger partial charge in [0, 0.05) is 0 Å². The predicted octanol–water partition coefficient (Wildman–Crippen LogP) is 1.81. The van der Waals surface area contributed by atoms with Crippen LogP contribution in [0.4, 0.5) is 5.69 Å². The van der Waals surface area contributed by atoms with Gasteiger partial charge in [0.25, 0.3) is 0 Å². The fourth-order valence-corrected chi connectivity index (χ4v) is 3.19. The van der Waals surface area contributed by atoms with Crippen molar-refractivity contribution >= 4 is 23.6 Å². The molecule has 2 heteroatoms. The van der Waals surface area contributed by atoms with Crippen molar-refractivity contribution in [1.29, 1.82) is 0 Å². The van der Waals surface area contributed by atoms with Gasteiger partial charge in [-0.05, 0) is 0 Å². The third kappa shape index (κ3) is 2.27. The van der Waals surface area contributed by atoms with Crippen molar-refractivity contribution in [2.75, 3.05) is 5.73 Å². The van der Waals surface area contributed by atoms with Gasteiger partial charge in [0.1, 0.15) is 0 Å². The van der Waals surface area contributed by atoms with Gasteiger partial charge in [-0.2, -0.15) is 0 Å². The van der Waals surface area contributed by atoms with E-state index in [-0.39, 0.29) is 0 Å². The molecule has 0 aliphatic carbocycles. The number of anilines is 1. The Kier molecular flexibility index (Phi) is 2.29. The zero-order chi connectivity index (χ0) is 8.48. The molecule has 1 nitrogen and oxygen atoms in total. The van der Waals surface area contributed by atoms with E-state index in [9.17, 15) is 0 Å². The summed E-state index contributed by atoms with van der Waals surface area (Å²) in [5, 5.41) is 0. The van der Waals surface area contributed by atoms with E-state index in [0.717, 1.165) is 5.69 Å². The van der Waals surface area contributed by atoms with Gasteiger partial charge in [0.2, 0.25) is 0 Å². The van der Waals surface area contributed by atoms with Crippen molar-refractivity contribution in [3.05, 3.63) is 24.3 Å². The summed E-state index contributed by atoms with van der Waals surface area (Å²) in [6.45, 7) is 0. The first-order valence-electron chi connectivity index (χ1n) is 3.68. The third-order valence-corrected chi connectivity index (χ3v) is 5.48. The normalized spacial score (nSPS) is 11.5. The van der Waals surface area contributed by atoms with Crippen LogP contribution >= 0.6 is 0 Å². The molecule has 1 aromatic rings. The summed E-state index contributed by atoms with van der Waals surface area (Å²) in [7, 11) is 0. The molecular formula is C9H15AsN. The SMILES string of the molecule is C[As](C)(C)c1cccc(N)c1. The Morgan fingerprint density at radius 3 is 2.18 bits per heavy atom. The summed E-state index contributed by atoms with van der Waals surface area (Å²) < 4.78 is 1.46. The summed E-state index contributed by atoms with van der Waals surface area (Å²) in [6.07, 6.45) is 0. The molecule has 0 saturated heterocycles. The van der Waals surface area contributed by atoms with E-state index in [4.69, 9.17) is 5.73 Å². The molecule has 1 aromatic carbocycles. The monoisotopic (exact) mass is 212 g/mol. The molecule has 0 unspecified atom stereocenters. The maximum absolute atomic E-state index is 5.68. The molecule has 2 N–H and O–H groups in total. The Bertz CT molecular complexity index is 250. The summed E-state index contributed by atoms with van der Waals surface area (Å²) in [5.41, 5.74) is 13.6. The third-order valence-electron chi connectivity index (χ3n) is 1.64. The minimum absolute atomic E-state index is 0.888. The average molecular weight is 212 g/mol. The summed E-state index contributed by atoms with van der Waals surface area (Å²) in [5.74, 6) is 0. The standard InChI is InChI=1S/C9H15AsN/c1-10(2,3)8-5-4-6-9(11)7-8/h4-7H,11H2,1-3H3. The number of hydrogen-bond acceptors (Lipinski definition) is 1. The molecule has 0 amide bonds. The van der Waals surface area contributed by atoms with Crippen molar-refractivity contribution in [3.8, 4) is 0 Å². The molecule has 11 heavy (non-hydrogen) atoms. The second kappa shape index (κ2) is 2.90. The Labute approximate surface area is 71.1 Å². The Balaban J connectivity index is 3.06. The number of hydrogen-bond donors (Lipinski definition) is 1. The quantitative estimate of drug-likeness (QED) is 0.557. The van der Waals surface area contributed by atoms with E-state index in [1.54, 1.807) is 0 Å². The Hall–Kier alpha value is -0.422. The van der Waals surface area contributed by atoms with Crippen LogP contribution in [0.5, 0.6) is 0 Å². The van der Waals surface area contributed by atoms with Crippen LogP contribution in [0.15, 0.2) is 24.3 Å². The van der Waals surface area contributed by atoms with Crippen molar-refractivity contribution < 1.29 is 0 Å². The van der Waals surface area contributed by atoms with Crippen LogP contribution in [0.2, 0.25) is 17.1 Å². The van der Waals surface area contributed by atoms with Crippen LogP contribution in [0.25, 0.3) is 0 Å². The van der Waals surface area contributed by atoms with Gasteiger partial charge in [-0.25, -0.2) is 0 Å². The van der Waals surface area contributed by atoms with E-state index < -0.39 is 13.6 Å². The van der Waals surface area contributed by atoms with Crippen LogP contribution in [0.3, 0.4) is 0 Å². The number of benzene rings is 1. The van der Waals surface area contributed by atoms with Gasteiger partial charge in [-0.15, -0.1) is 0 Å². The van der Waals surface area contributed by atoms with Crippen molar-refractivity contribution in [3.63, 3.8) is 0 Å². The van der Waals surface area contributed by atoms with Gasteiger partial charge >= 0.3 is 70.7 Å². The predicted molar refractivity (Wildman–Crippen MR) is 53.8 cm³/mol. The number of rotatable bonds is 1. The van der Waals surface area contributed by atoms with Crippen LogP contribution < -0.4 is 10.1 Å². The topological polar surface area (TPSA) is 26.0 Å². The molecule has 1 radical (unpaired) electrons. The zero-order valence-electron chi connectivity index (χ0n) is 7.33. The second-order valence-electron chi connectivity index (χ2n) is 3.61. The average Bonchev–Trinajstić information content (AvgIpc) is 1.86. The Morgan fingerprint density at radius 2 is 1.82 bits per heavy atom. The summed E-state index contributed by atoms with van der Waals surface area (Å²) >= 11 is -1.46. The summed E-state index contributed by atoms with van der Waals surface area (Å²) in [6, 6.07) is 8.27. The van der Waals surface area contributed by atoms with E-state index >= 15 is 0 Å². The van der Waals surface area contributed by atoms with Gasteiger partial charge in [-0.3, -0.25) is 0 Å². The molecule has 0 fully saturated rings. The van der Waals surface area contributed by atoms with Crippen molar-refractivity contribution in [2.45, 2.75) is 17.1 Å². The number of nitrogens with two attached hydrogens (primary N) is 1. The van der Waals surface area contributed by atoms with Crippen LogP contribution in [0.1, 0.15) is 0 Å². The summed E-state index contributed by atoms with van der Waals surface area (Å²) in [4.78, 5) is 0. The first-order chi connectivity index (χ1) is 5.00. The van der Waals surface area contributed by atoms with Gasteiger partial charge in [0.15, 0.2) is 0 Å². The number of nitrogen functional groups attached to an aromatic ring is 1. The molecule has 0 spiro atoms. The molecule has 0 atom stereocenters. The van der Waals surface area contributed by atoms with E-state index in [0.29, 0.717) is 0 Å². The fourth-order valence-electron chi connectivity index (χ4n) is 0.942. The van der Waals surface area contributed by atoms with Gasteiger partial charge in [-0.1, -0.05) is 0 Å².